The average Bonchev–Trinajstić information content (AvgIpc) is 2.42. The minimum Gasteiger partial charge on any atom is -0.459 e. The summed E-state index contributed by atoms with van der Waals surface area (Å²) >= 11 is 0. The van der Waals surface area contributed by atoms with Crippen LogP contribution in [0.4, 0.5) is 0 Å². The van der Waals surface area contributed by atoms with Gasteiger partial charge in [-0.3, -0.25) is 4.79 Å². The molecule has 3 heteroatoms. The molecule has 0 radical (unpaired) electrons. The summed E-state index contributed by atoms with van der Waals surface area (Å²) in [6, 6.07) is 0.286. The second-order valence-corrected chi connectivity index (χ2v) is 7.84. The molecule has 0 aromatic heterocycles. The Morgan fingerprint density at radius 3 is 2.22 bits per heavy atom. The third-order valence-electron chi connectivity index (χ3n) is 3.23. The Balaban J connectivity index is 2.56. The highest BCUT2D eigenvalue weighted by molar-refractivity contribution is 5.76. The largest absolute Gasteiger partial charge is 0.459 e. The molecule has 3 atom stereocenters. The molecule has 1 aliphatic rings. The van der Waals surface area contributed by atoms with Gasteiger partial charge >= 0.3 is 5.97 Å². The zero-order valence-corrected chi connectivity index (χ0v) is 13.0. The molecule has 1 N–H and O–H groups in total. The summed E-state index contributed by atoms with van der Waals surface area (Å²) in [5.41, 5.74) is -0.112. The first-order valence-corrected chi connectivity index (χ1v) is 6.97. The molecule has 0 amide bonds. The third-order valence-corrected chi connectivity index (χ3v) is 3.23. The molecule has 1 saturated heterocycles. The van der Waals surface area contributed by atoms with Crippen molar-refractivity contribution in [3.63, 3.8) is 0 Å². The first kappa shape index (κ1) is 15.5. The molecule has 3 nitrogen and oxygen atoms in total. The summed E-state index contributed by atoms with van der Waals surface area (Å²) in [6.07, 6.45) is 1.98. The minimum absolute atomic E-state index is 0.106. The van der Waals surface area contributed by atoms with Gasteiger partial charge in [-0.15, -0.1) is 0 Å². The van der Waals surface area contributed by atoms with E-state index in [-0.39, 0.29) is 17.4 Å². The van der Waals surface area contributed by atoms with Crippen LogP contribution in [-0.4, -0.2) is 23.7 Å². The van der Waals surface area contributed by atoms with Crippen LogP contribution in [0.25, 0.3) is 0 Å². The van der Waals surface area contributed by atoms with Crippen LogP contribution in [0.15, 0.2) is 0 Å². The maximum atomic E-state index is 12.0. The molecular formula is C15H29NO2. The van der Waals surface area contributed by atoms with Crippen molar-refractivity contribution in [2.24, 2.45) is 11.3 Å². The van der Waals surface area contributed by atoms with Gasteiger partial charge < -0.3 is 10.1 Å². The molecule has 1 fully saturated rings. The first-order chi connectivity index (χ1) is 7.98. The van der Waals surface area contributed by atoms with Crippen LogP contribution in [0.5, 0.6) is 0 Å². The molecule has 0 saturated carbocycles. The van der Waals surface area contributed by atoms with E-state index in [1.807, 2.05) is 20.8 Å². The van der Waals surface area contributed by atoms with Crippen LogP contribution < -0.4 is 5.32 Å². The van der Waals surface area contributed by atoms with Crippen molar-refractivity contribution in [2.45, 2.75) is 79.0 Å². The van der Waals surface area contributed by atoms with Crippen molar-refractivity contribution >= 4 is 5.97 Å². The van der Waals surface area contributed by atoms with Crippen LogP contribution in [0.2, 0.25) is 0 Å². The molecule has 0 aromatic rings. The zero-order chi connectivity index (χ0) is 14.1. The Bertz CT molecular complexity index is 299. The predicted octanol–water partition coefficient (Wildman–Crippen LogP) is 3.13. The first-order valence-electron chi connectivity index (χ1n) is 6.97. The van der Waals surface area contributed by atoms with Crippen molar-refractivity contribution in [1.82, 2.24) is 5.32 Å². The van der Waals surface area contributed by atoms with Crippen molar-refractivity contribution in [1.29, 1.82) is 0 Å². The number of rotatable bonds is 2. The van der Waals surface area contributed by atoms with Gasteiger partial charge in [0.1, 0.15) is 11.6 Å². The Kier molecular flexibility index (Phi) is 4.47. The van der Waals surface area contributed by atoms with Gasteiger partial charge in [-0.1, -0.05) is 27.7 Å². The molecular weight excluding hydrogens is 226 g/mol. The van der Waals surface area contributed by atoms with E-state index >= 15 is 0 Å². The zero-order valence-electron chi connectivity index (χ0n) is 13.0. The van der Waals surface area contributed by atoms with Gasteiger partial charge in [-0.2, -0.15) is 0 Å². The van der Waals surface area contributed by atoms with E-state index in [0.717, 1.165) is 12.8 Å². The van der Waals surface area contributed by atoms with E-state index in [1.54, 1.807) is 0 Å². The van der Waals surface area contributed by atoms with Crippen LogP contribution in [0.1, 0.15) is 61.3 Å². The number of carbonyl (C=O) groups excluding carboxylic acids is 1. The summed E-state index contributed by atoms with van der Waals surface area (Å²) in [7, 11) is 0. The smallest absolute Gasteiger partial charge is 0.323 e. The molecule has 18 heavy (non-hydrogen) atoms. The lowest BCUT2D eigenvalue weighted by molar-refractivity contribution is -0.157. The molecule has 0 aromatic carbocycles. The summed E-state index contributed by atoms with van der Waals surface area (Å²) in [5, 5.41) is 3.45. The van der Waals surface area contributed by atoms with Crippen molar-refractivity contribution in [3.05, 3.63) is 0 Å². The van der Waals surface area contributed by atoms with Crippen molar-refractivity contribution in [3.8, 4) is 0 Å². The molecule has 106 valence electrons. The highest BCUT2D eigenvalue weighted by Crippen LogP contribution is 2.31. The lowest BCUT2D eigenvalue weighted by Gasteiger charge is -2.26. The van der Waals surface area contributed by atoms with E-state index in [1.165, 1.54) is 0 Å². The lowest BCUT2D eigenvalue weighted by Crippen LogP contribution is -2.41. The minimum atomic E-state index is -0.399. The number of esters is 1. The van der Waals surface area contributed by atoms with E-state index in [0.29, 0.717) is 12.0 Å². The fourth-order valence-corrected chi connectivity index (χ4v) is 2.48. The van der Waals surface area contributed by atoms with E-state index in [9.17, 15) is 4.79 Å². The number of hydrogen-bond donors (Lipinski definition) is 1. The van der Waals surface area contributed by atoms with Gasteiger partial charge in [0, 0.05) is 6.04 Å². The van der Waals surface area contributed by atoms with Gasteiger partial charge in [0.05, 0.1) is 0 Å². The average molecular weight is 255 g/mol. The maximum absolute atomic E-state index is 12.0. The monoisotopic (exact) mass is 255 g/mol. The Morgan fingerprint density at radius 2 is 1.78 bits per heavy atom. The lowest BCUT2D eigenvalue weighted by atomic mass is 9.84. The second kappa shape index (κ2) is 5.20. The maximum Gasteiger partial charge on any atom is 0.323 e. The van der Waals surface area contributed by atoms with Crippen molar-refractivity contribution in [2.75, 3.05) is 0 Å². The number of carbonyl (C=O) groups is 1. The van der Waals surface area contributed by atoms with Gasteiger partial charge in [0.25, 0.3) is 0 Å². The topological polar surface area (TPSA) is 38.3 Å². The molecule has 1 aliphatic heterocycles. The van der Waals surface area contributed by atoms with Gasteiger partial charge in [-0.05, 0) is 44.9 Å². The molecule has 1 rings (SSSR count). The number of ether oxygens (including phenoxy) is 1. The van der Waals surface area contributed by atoms with Crippen LogP contribution >= 0.6 is 0 Å². The Labute approximate surface area is 112 Å². The normalized spacial score (nSPS) is 29.4. The molecule has 1 heterocycles. The van der Waals surface area contributed by atoms with E-state index < -0.39 is 5.60 Å². The molecule has 0 bridgehead atoms. The molecule has 0 spiro atoms. The third kappa shape index (κ3) is 4.97. The van der Waals surface area contributed by atoms with Gasteiger partial charge in [-0.25, -0.2) is 0 Å². The molecule has 3 unspecified atom stereocenters. The quantitative estimate of drug-likeness (QED) is 0.770. The van der Waals surface area contributed by atoms with E-state index in [2.05, 4.69) is 33.0 Å². The van der Waals surface area contributed by atoms with Gasteiger partial charge in [0.2, 0.25) is 0 Å². The highest BCUT2D eigenvalue weighted by Gasteiger charge is 2.38. The van der Waals surface area contributed by atoms with E-state index in [4.69, 9.17) is 4.74 Å². The highest BCUT2D eigenvalue weighted by atomic mass is 16.6. The number of nitrogens with one attached hydrogen (secondary N) is 1. The number of hydrogen-bond acceptors (Lipinski definition) is 3. The van der Waals surface area contributed by atoms with Crippen LogP contribution in [0, 0.1) is 11.3 Å². The second-order valence-electron chi connectivity index (χ2n) is 7.84. The standard InChI is InChI=1S/C15H29NO2/c1-10-8-11(13(17)18-15(5,6)7)16-12(10)9-14(2,3)4/h10-12,16H,8-9H2,1-7H3. The predicted molar refractivity (Wildman–Crippen MR) is 74.4 cm³/mol. The summed E-state index contributed by atoms with van der Waals surface area (Å²) < 4.78 is 5.45. The summed E-state index contributed by atoms with van der Waals surface area (Å²) in [4.78, 5) is 12.0. The van der Waals surface area contributed by atoms with Crippen molar-refractivity contribution < 1.29 is 9.53 Å². The van der Waals surface area contributed by atoms with Crippen LogP contribution in [0.3, 0.4) is 0 Å². The van der Waals surface area contributed by atoms with Crippen LogP contribution in [-0.2, 0) is 9.53 Å². The Hall–Kier alpha value is -0.570. The van der Waals surface area contributed by atoms with Gasteiger partial charge in [0.15, 0.2) is 0 Å². The fourth-order valence-electron chi connectivity index (χ4n) is 2.48. The summed E-state index contributed by atoms with van der Waals surface area (Å²) in [6.45, 7) is 14.7. The Morgan fingerprint density at radius 1 is 1.22 bits per heavy atom. The molecule has 0 aliphatic carbocycles. The SMILES string of the molecule is CC1CC(C(=O)OC(C)(C)C)NC1CC(C)(C)C. The summed E-state index contributed by atoms with van der Waals surface area (Å²) in [5.74, 6) is 0.424. The fraction of sp³-hybridized carbons (Fsp3) is 0.933.